The van der Waals surface area contributed by atoms with Crippen LogP contribution in [0.3, 0.4) is 0 Å². The number of fused-ring (bicyclic) bond motifs is 1. The van der Waals surface area contributed by atoms with Crippen molar-refractivity contribution in [3.8, 4) is 0 Å². The summed E-state index contributed by atoms with van der Waals surface area (Å²) in [4.78, 5) is 22.8. The lowest BCUT2D eigenvalue weighted by atomic mass is 9.93. The van der Waals surface area contributed by atoms with Crippen molar-refractivity contribution in [3.05, 3.63) is 0 Å². The second-order valence-electron chi connectivity index (χ2n) is 4.50. The lowest BCUT2D eigenvalue weighted by Crippen LogP contribution is -2.76. The van der Waals surface area contributed by atoms with Gasteiger partial charge in [0.1, 0.15) is 12.2 Å². The molecule has 0 saturated carbocycles. The molecule has 5 N–H and O–H groups in total. The van der Waals surface area contributed by atoms with Crippen LogP contribution in [0.15, 0.2) is 0 Å². The van der Waals surface area contributed by atoms with Crippen molar-refractivity contribution < 1.29 is 49.3 Å². The average Bonchev–Trinajstić information content (AvgIpc) is 2.38. The Kier molecular flexibility index (Phi) is 3.71. The van der Waals surface area contributed by atoms with Gasteiger partial charge in [-0.2, -0.15) is 0 Å². The normalized spacial score (nSPS) is 45.8. The quantitative estimate of drug-likeness (QED) is 0.304. The van der Waals surface area contributed by atoms with Gasteiger partial charge < -0.3 is 39.7 Å². The Hall–Kier alpha value is -1.30. The van der Waals surface area contributed by atoms with Crippen LogP contribution in [0.1, 0.15) is 12.8 Å². The Balaban J connectivity index is 2.43. The Labute approximate surface area is 112 Å². The number of carbonyl (C=O) groups excluding carboxylic acids is 2. The molecule has 2 fully saturated rings. The molecule has 2 aliphatic heterocycles. The van der Waals surface area contributed by atoms with Crippen LogP contribution in [-0.2, 0) is 23.8 Å². The van der Waals surface area contributed by atoms with E-state index in [9.17, 15) is 30.0 Å². The third-order valence-corrected chi connectivity index (χ3v) is 3.10. The van der Waals surface area contributed by atoms with E-state index in [-0.39, 0.29) is 0 Å². The fourth-order valence-corrected chi connectivity index (χ4v) is 1.98. The summed E-state index contributed by atoms with van der Waals surface area (Å²) in [6.07, 6.45) is -6.63. The molecular weight excluding hydrogens is 280 g/mol. The fraction of sp³-hybridized carbons (Fsp3) is 0.800. The van der Waals surface area contributed by atoms with Crippen molar-refractivity contribution >= 4 is 11.9 Å². The largest absolute Gasteiger partial charge is 0.420 e. The highest BCUT2D eigenvalue weighted by Gasteiger charge is 2.70. The first-order valence-electron chi connectivity index (χ1n) is 5.77. The number of hydrogen-bond acceptors (Lipinski definition) is 10. The van der Waals surface area contributed by atoms with E-state index < -0.39 is 61.5 Å². The Morgan fingerprint density at radius 1 is 1.10 bits per heavy atom. The Bertz CT molecular complexity index is 424. The number of esters is 2. The first kappa shape index (κ1) is 15.1. The zero-order chi connectivity index (χ0) is 15.1. The number of aliphatic hydroxyl groups excluding tert-OH is 3. The van der Waals surface area contributed by atoms with E-state index in [1.807, 2.05) is 0 Å². The second-order valence-corrected chi connectivity index (χ2v) is 4.50. The van der Waals surface area contributed by atoms with Gasteiger partial charge in [0.2, 0.25) is 0 Å². The maximum Gasteiger partial charge on any atom is 0.399 e. The lowest BCUT2D eigenvalue weighted by molar-refractivity contribution is -0.512. The molecule has 5 atom stereocenters. The van der Waals surface area contributed by atoms with Gasteiger partial charge in [0.15, 0.2) is 6.10 Å². The molecule has 0 amide bonds. The van der Waals surface area contributed by atoms with Crippen LogP contribution in [0.25, 0.3) is 0 Å². The minimum atomic E-state index is -3.24. The standard InChI is InChI=1S/C10H14O10/c11-3-4-7(14)8(15)9(16)10(17,18-4)20-6(13)2-1-5(12)19-9/h4,7-8,11,14-17H,1-3H2/t4-,7-,8+,9-,10+/m1/s1. The minimum absolute atomic E-state index is 0.441. The first-order valence-corrected chi connectivity index (χ1v) is 5.77. The van der Waals surface area contributed by atoms with Crippen LogP contribution in [-0.4, -0.2) is 74.2 Å². The first-order chi connectivity index (χ1) is 9.23. The van der Waals surface area contributed by atoms with Crippen LogP contribution in [0.5, 0.6) is 0 Å². The molecule has 114 valence electrons. The Morgan fingerprint density at radius 3 is 2.20 bits per heavy atom. The molecule has 2 rings (SSSR count). The van der Waals surface area contributed by atoms with Crippen molar-refractivity contribution in [2.45, 2.75) is 42.9 Å². The summed E-state index contributed by atoms with van der Waals surface area (Å²) < 4.78 is 13.6. The van der Waals surface area contributed by atoms with Crippen molar-refractivity contribution in [2.75, 3.05) is 6.61 Å². The average molecular weight is 294 g/mol. The third kappa shape index (κ3) is 2.16. The van der Waals surface area contributed by atoms with Crippen LogP contribution >= 0.6 is 0 Å². The van der Waals surface area contributed by atoms with Gasteiger partial charge >= 0.3 is 23.7 Å². The van der Waals surface area contributed by atoms with Crippen LogP contribution in [0, 0.1) is 0 Å². The van der Waals surface area contributed by atoms with E-state index in [0.717, 1.165) is 0 Å². The molecule has 0 spiro atoms. The van der Waals surface area contributed by atoms with Crippen molar-refractivity contribution in [1.29, 1.82) is 0 Å². The number of ether oxygens (including phenoxy) is 3. The van der Waals surface area contributed by atoms with Gasteiger partial charge in [0, 0.05) is 0 Å². The molecule has 2 aliphatic rings. The molecule has 2 saturated heterocycles. The van der Waals surface area contributed by atoms with Gasteiger partial charge in [-0.25, -0.2) is 0 Å². The maximum atomic E-state index is 11.4. The summed E-state index contributed by atoms with van der Waals surface area (Å²) >= 11 is 0. The van der Waals surface area contributed by atoms with Gasteiger partial charge in [-0.1, -0.05) is 0 Å². The minimum Gasteiger partial charge on any atom is -0.420 e. The molecule has 20 heavy (non-hydrogen) atoms. The lowest BCUT2D eigenvalue weighted by Gasteiger charge is -2.50. The monoisotopic (exact) mass is 294 g/mol. The molecule has 0 aromatic carbocycles. The molecule has 0 aromatic rings. The fourth-order valence-electron chi connectivity index (χ4n) is 1.98. The summed E-state index contributed by atoms with van der Waals surface area (Å²) in [5, 5.41) is 48.6. The van der Waals surface area contributed by atoms with E-state index in [0.29, 0.717) is 0 Å². The van der Waals surface area contributed by atoms with Crippen LogP contribution in [0.4, 0.5) is 0 Å². The van der Waals surface area contributed by atoms with E-state index in [1.54, 1.807) is 0 Å². The Morgan fingerprint density at radius 2 is 1.65 bits per heavy atom. The van der Waals surface area contributed by atoms with Gasteiger partial charge in [0.05, 0.1) is 19.4 Å². The van der Waals surface area contributed by atoms with Gasteiger partial charge in [-0.15, -0.1) is 0 Å². The molecule has 10 nitrogen and oxygen atoms in total. The topological polar surface area (TPSA) is 163 Å². The summed E-state index contributed by atoms with van der Waals surface area (Å²) in [5.74, 6) is -8.67. The molecule has 0 aliphatic carbocycles. The molecule has 0 aromatic heterocycles. The molecular formula is C10H14O10. The molecule has 0 unspecified atom stereocenters. The summed E-state index contributed by atoms with van der Waals surface area (Å²) in [5.41, 5.74) is 0. The summed E-state index contributed by atoms with van der Waals surface area (Å²) in [6, 6.07) is 0. The van der Waals surface area contributed by atoms with E-state index in [1.165, 1.54) is 0 Å². The van der Waals surface area contributed by atoms with Crippen LogP contribution < -0.4 is 0 Å². The zero-order valence-electron chi connectivity index (χ0n) is 10.1. The van der Waals surface area contributed by atoms with Crippen molar-refractivity contribution in [3.63, 3.8) is 0 Å². The molecule has 0 radical (unpaired) electrons. The number of aliphatic hydroxyl groups is 5. The maximum absolute atomic E-state index is 11.4. The highest BCUT2D eigenvalue weighted by Crippen LogP contribution is 2.40. The third-order valence-electron chi connectivity index (χ3n) is 3.10. The predicted octanol–water partition coefficient (Wildman–Crippen LogP) is -3.69. The molecule has 2 heterocycles. The highest BCUT2D eigenvalue weighted by atomic mass is 16.9. The highest BCUT2D eigenvalue weighted by molar-refractivity contribution is 5.78. The van der Waals surface area contributed by atoms with Crippen molar-refractivity contribution in [2.24, 2.45) is 0 Å². The van der Waals surface area contributed by atoms with Crippen LogP contribution in [0.2, 0.25) is 0 Å². The zero-order valence-corrected chi connectivity index (χ0v) is 10.1. The smallest absolute Gasteiger partial charge is 0.399 e. The second kappa shape index (κ2) is 4.91. The van der Waals surface area contributed by atoms with E-state index in [4.69, 9.17) is 9.84 Å². The predicted molar refractivity (Wildman–Crippen MR) is 55.3 cm³/mol. The number of carbonyl (C=O) groups is 2. The molecule has 10 heteroatoms. The number of rotatable bonds is 1. The van der Waals surface area contributed by atoms with Gasteiger partial charge in [-0.3, -0.25) is 9.59 Å². The summed E-state index contributed by atoms with van der Waals surface area (Å²) in [6.45, 7) is -0.859. The van der Waals surface area contributed by atoms with Gasteiger partial charge in [-0.05, 0) is 0 Å². The summed E-state index contributed by atoms with van der Waals surface area (Å²) in [7, 11) is 0. The van der Waals surface area contributed by atoms with E-state index in [2.05, 4.69) is 9.47 Å². The SMILES string of the molecule is O=C1CCC(=O)O[C@]2(O)[C@@H](O)[C@H](O)[C@@H](CO)O[C@]2(O)O1. The number of hydrogen-bond donors (Lipinski definition) is 5. The van der Waals surface area contributed by atoms with E-state index >= 15 is 0 Å². The van der Waals surface area contributed by atoms with Crippen molar-refractivity contribution in [1.82, 2.24) is 0 Å². The van der Waals surface area contributed by atoms with Gasteiger partial charge in [0.25, 0.3) is 0 Å². The molecule has 0 bridgehead atoms.